The number of thiophene rings is 1. The van der Waals surface area contributed by atoms with Gasteiger partial charge in [-0.05, 0) is 24.4 Å². The second-order valence-corrected chi connectivity index (χ2v) is 7.41. The highest BCUT2D eigenvalue weighted by Crippen LogP contribution is 2.25. The van der Waals surface area contributed by atoms with Gasteiger partial charge in [-0.15, -0.1) is 11.3 Å². The summed E-state index contributed by atoms with van der Waals surface area (Å²) in [5.74, 6) is 0.350. The van der Waals surface area contributed by atoms with E-state index in [0.29, 0.717) is 37.6 Å². The third kappa shape index (κ3) is 3.50. The number of aryl methyl sites for hydroxylation is 1. The van der Waals surface area contributed by atoms with Gasteiger partial charge in [0.05, 0.1) is 4.88 Å². The van der Waals surface area contributed by atoms with E-state index in [2.05, 4.69) is 4.98 Å². The minimum atomic E-state index is -0.163. The number of carbonyl (C=O) groups is 2. The molecule has 0 bridgehead atoms. The summed E-state index contributed by atoms with van der Waals surface area (Å²) in [4.78, 5) is 33.8. The lowest BCUT2D eigenvalue weighted by Crippen LogP contribution is -2.50. The molecule has 0 saturated carbocycles. The summed E-state index contributed by atoms with van der Waals surface area (Å²) < 4.78 is 5.50. The summed E-state index contributed by atoms with van der Waals surface area (Å²) in [6, 6.07) is 11.5. The molecule has 2 aromatic heterocycles. The van der Waals surface area contributed by atoms with Crippen LogP contribution in [0.25, 0.3) is 11.3 Å². The molecule has 0 N–H and O–H groups in total. The van der Waals surface area contributed by atoms with Gasteiger partial charge in [0.2, 0.25) is 0 Å². The quantitative estimate of drug-likeness (QED) is 0.698. The van der Waals surface area contributed by atoms with Crippen LogP contribution in [0.5, 0.6) is 0 Å². The Balaban J connectivity index is 1.46. The number of carbonyl (C=O) groups excluding carboxylic acids is 2. The number of rotatable bonds is 3. The molecule has 1 aliphatic heterocycles. The van der Waals surface area contributed by atoms with Gasteiger partial charge in [0.15, 0.2) is 17.8 Å². The summed E-state index contributed by atoms with van der Waals surface area (Å²) in [5, 5.41) is 1.89. The zero-order chi connectivity index (χ0) is 18.8. The molecule has 0 atom stereocenters. The van der Waals surface area contributed by atoms with Gasteiger partial charge in [-0.25, -0.2) is 4.98 Å². The predicted octanol–water partition coefficient (Wildman–Crippen LogP) is 3.31. The lowest BCUT2D eigenvalue weighted by Gasteiger charge is -2.34. The lowest BCUT2D eigenvalue weighted by molar-refractivity contribution is 0.0535. The van der Waals surface area contributed by atoms with Crippen LogP contribution >= 0.6 is 11.3 Å². The van der Waals surface area contributed by atoms with Crippen molar-refractivity contribution >= 4 is 23.2 Å². The monoisotopic (exact) mass is 381 g/mol. The first-order chi connectivity index (χ1) is 13.1. The van der Waals surface area contributed by atoms with Gasteiger partial charge in [-0.3, -0.25) is 9.59 Å². The molecular formula is C20H19N3O3S. The summed E-state index contributed by atoms with van der Waals surface area (Å²) in [6.07, 6.45) is 1.31. The van der Waals surface area contributed by atoms with Gasteiger partial charge >= 0.3 is 0 Å². The van der Waals surface area contributed by atoms with Crippen LogP contribution < -0.4 is 0 Å². The van der Waals surface area contributed by atoms with Crippen molar-refractivity contribution in [3.63, 3.8) is 0 Å². The number of benzene rings is 1. The number of oxazole rings is 1. The molecule has 6 nitrogen and oxygen atoms in total. The normalized spacial score (nSPS) is 14.4. The smallest absolute Gasteiger partial charge is 0.276 e. The highest BCUT2D eigenvalue weighted by atomic mass is 32.1. The van der Waals surface area contributed by atoms with Crippen LogP contribution in [-0.2, 0) is 0 Å². The predicted molar refractivity (Wildman–Crippen MR) is 103 cm³/mol. The van der Waals surface area contributed by atoms with E-state index < -0.39 is 0 Å². The van der Waals surface area contributed by atoms with E-state index in [9.17, 15) is 9.59 Å². The van der Waals surface area contributed by atoms with E-state index >= 15 is 0 Å². The second kappa shape index (κ2) is 7.36. The number of aromatic nitrogens is 1. The molecule has 4 rings (SSSR count). The van der Waals surface area contributed by atoms with Gasteiger partial charge in [0.25, 0.3) is 11.8 Å². The molecule has 0 aliphatic carbocycles. The fourth-order valence-electron chi connectivity index (χ4n) is 3.21. The Labute approximate surface area is 161 Å². The molecule has 7 heteroatoms. The van der Waals surface area contributed by atoms with Crippen LogP contribution in [-0.4, -0.2) is 52.8 Å². The first-order valence-corrected chi connectivity index (χ1v) is 9.64. The van der Waals surface area contributed by atoms with E-state index in [-0.39, 0.29) is 11.8 Å². The number of nitrogens with zero attached hydrogens (tertiary/aromatic N) is 3. The van der Waals surface area contributed by atoms with Crippen molar-refractivity contribution in [2.45, 2.75) is 6.92 Å². The average molecular weight is 381 g/mol. The van der Waals surface area contributed by atoms with Gasteiger partial charge in [0.1, 0.15) is 0 Å². The number of hydrogen-bond donors (Lipinski definition) is 0. The van der Waals surface area contributed by atoms with E-state index in [1.165, 1.54) is 17.7 Å². The van der Waals surface area contributed by atoms with Crippen molar-refractivity contribution in [2.24, 2.45) is 0 Å². The molecule has 1 aromatic carbocycles. The van der Waals surface area contributed by atoms with Crippen molar-refractivity contribution in [1.82, 2.24) is 14.8 Å². The fourth-order valence-corrected chi connectivity index (χ4v) is 3.90. The Kier molecular flexibility index (Phi) is 4.77. The molecule has 1 aliphatic rings. The van der Waals surface area contributed by atoms with Crippen LogP contribution in [0.15, 0.2) is 52.6 Å². The van der Waals surface area contributed by atoms with Crippen molar-refractivity contribution in [3.05, 3.63) is 64.3 Å². The van der Waals surface area contributed by atoms with E-state index in [1.54, 1.807) is 9.80 Å². The van der Waals surface area contributed by atoms with Crippen LogP contribution in [0.3, 0.4) is 0 Å². The molecular weight excluding hydrogens is 362 g/mol. The number of hydrogen-bond acceptors (Lipinski definition) is 5. The Bertz CT molecular complexity index is 957. The van der Waals surface area contributed by atoms with Crippen molar-refractivity contribution in [3.8, 4) is 11.3 Å². The minimum absolute atomic E-state index is 0.0268. The summed E-state index contributed by atoms with van der Waals surface area (Å²) in [5.41, 5.74) is 2.24. The van der Waals surface area contributed by atoms with Gasteiger partial charge in [-0.2, -0.15) is 0 Å². The van der Waals surface area contributed by atoms with E-state index in [1.807, 2.05) is 48.7 Å². The molecule has 1 fully saturated rings. The number of amides is 2. The van der Waals surface area contributed by atoms with Crippen LogP contribution in [0, 0.1) is 6.92 Å². The molecule has 0 radical (unpaired) electrons. The SMILES string of the molecule is Cc1cccc(-c2ocnc2C(=O)N2CCN(C(=O)c3cccs3)CC2)c1. The second-order valence-electron chi connectivity index (χ2n) is 6.46. The van der Waals surface area contributed by atoms with Gasteiger partial charge in [-0.1, -0.05) is 29.8 Å². The molecule has 138 valence electrons. The molecule has 1 saturated heterocycles. The molecule has 2 amide bonds. The van der Waals surface area contributed by atoms with Crippen LogP contribution in [0.4, 0.5) is 0 Å². The largest absolute Gasteiger partial charge is 0.443 e. The summed E-state index contributed by atoms with van der Waals surface area (Å²) >= 11 is 1.44. The average Bonchev–Trinajstić information content (AvgIpc) is 3.39. The zero-order valence-electron chi connectivity index (χ0n) is 14.9. The Hall–Kier alpha value is -2.93. The first kappa shape index (κ1) is 17.5. The summed E-state index contributed by atoms with van der Waals surface area (Å²) in [7, 11) is 0. The van der Waals surface area contributed by atoms with Crippen molar-refractivity contribution in [2.75, 3.05) is 26.2 Å². The van der Waals surface area contributed by atoms with Crippen LogP contribution in [0.2, 0.25) is 0 Å². The maximum Gasteiger partial charge on any atom is 0.276 e. The number of piperazine rings is 1. The third-order valence-electron chi connectivity index (χ3n) is 4.64. The standard InChI is InChI=1S/C20H19N3O3S/c1-14-4-2-5-15(12-14)18-17(21-13-26-18)20(25)23-9-7-22(8-10-23)19(24)16-6-3-11-27-16/h2-6,11-13H,7-10H2,1H3. The van der Waals surface area contributed by atoms with E-state index in [0.717, 1.165) is 16.0 Å². The molecule has 3 heterocycles. The molecule has 3 aromatic rings. The Morgan fingerprint density at radius 1 is 1.04 bits per heavy atom. The van der Waals surface area contributed by atoms with Gasteiger partial charge < -0.3 is 14.2 Å². The molecule has 0 spiro atoms. The van der Waals surface area contributed by atoms with Crippen molar-refractivity contribution in [1.29, 1.82) is 0 Å². The van der Waals surface area contributed by atoms with E-state index in [4.69, 9.17) is 4.42 Å². The summed E-state index contributed by atoms with van der Waals surface area (Å²) in [6.45, 7) is 3.98. The maximum atomic E-state index is 12.9. The highest BCUT2D eigenvalue weighted by molar-refractivity contribution is 7.12. The third-order valence-corrected chi connectivity index (χ3v) is 5.49. The maximum absolute atomic E-state index is 12.9. The van der Waals surface area contributed by atoms with Crippen LogP contribution in [0.1, 0.15) is 25.7 Å². The first-order valence-electron chi connectivity index (χ1n) is 8.76. The van der Waals surface area contributed by atoms with Crippen molar-refractivity contribution < 1.29 is 14.0 Å². The lowest BCUT2D eigenvalue weighted by atomic mass is 10.1. The zero-order valence-corrected chi connectivity index (χ0v) is 15.7. The Morgan fingerprint density at radius 3 is 2.44 bits per heavy atom. The van der Waals surface area contributed by atoms with Gasteiger partial charge in [0, 0.05) is 31.7 Å². The molecule has 27 heavy (non-hydrogen) atoms. The topological polar surface area (TPSA) is 66.7 Å². The highest BCUT2D eigenvalue weighted by Gasteiger charge is 2.29. The fraction of sp³-hybridized carbons (Fsp3) is 0.250. The minimum Gasteiger partial charge on any atom is -0.443 e. The molecule has 0 unspecified atom stereocenters. The Morgan fingerprint density at radius 2 is 1.78 bits per heavy atom.